The number of hydrogen-bond donors (Lipinski definition) is 0. The molecule has 122 valence electrons. The number of amides is 1. The minimum Gasteiger partial charge on any atom is -0.496 e. The Labute approximate surface area is 158 Å². The summed E-state index contributed by atoms with van der Waals surface area (Å²) < 4.78 is 6.62. The first-order chi connectivity index (χ1) is 11.5. The van der Waals surface area contributed by atoms with Crippen LogP contribution in [-0.4, -0.2) is 17.3 Å². The quantitative estimate of drug-likeness (QED) is 0.506. The molecule has 0 unspecified atom stereocenters. The van der Waals surface area contributed by atoms with Crippen LogP contribution in [0.5, 0.6) is 5.75 Å². The number of nitrogens with zero attached hydrogens (tertiary/aromatic N) is 1. The maximum Gasteiger partial charge on any atom is 0.270 e. The topological polar surface area (TPSA) is 29.5 Å². The van der Waals surface area contributed by atoms with Gasteiger partial charge >= 0.3 is 0 Å². The summed E-state index contributed by atoms with van der Waals surface area (Å²) in [6.07, 6.45) is 1.85. The molecule has 0 radical (unpaired) electrons. The third-order valence-corrected chi connectivity index (χ3v) is 5.55. The van der Waals surface area contributed by atoms with Crippen LogP contribution in [0.25, 0.3) is 6.08 Å². The standard InChI is InChI=1S/C18H14BrNO2S2/c1-11-5-3-4-6-14(11)20-17(21)16(24-18(20)23)10-12-7-8-15(22-2)13(19)9-12/h3-10H,1-2H3/b16-10+. The summed E-state index contributed by atoms with van der Waals surface area (Å²) in [5.41, 5.74) is 2.76. The van der Waals surface area contributed by atoms with Crippen molar-refractivity contribution in [2.45, 2.75) is 6.92 Å². The van der Waals surface area contributed by atoms with Crippen LogP contribution in [0.4, 0.5) is 5.69 Å². The van der Waals surface area contributed by atoms with Gasteiger partial charge in [-0.15, -0.1) is 0 Å². The van der Waals surface area contributed by atoms with Crippen molar-refractivity contribution in [3.05, 3.63) is 63.0 Å². The van der Waals surface area contributed by atoms with E-state index in [0.717, 1.165) is 27.0 Å². The molecule has 0 atom stereocenters. The number of ether oxygens (including phenoxy) is 1. The van der Waals surface area contributed by atoms with E-state index in [1.807, 2.05) is 55.5 Å². The molecule has 0 saturated carbocycles. The highest BCUT2D eigenvalue weighted by molar-refractivity contribution is 9.10. The highest BCUT2D eigenvalue weighted by Gasteiger charge is 2.33. The van der Waals surface area contributed by atoms with Crippen LogP contribution in [0, 0.1) is 6.92 Å². The van der Waals surface area contributed by atoms with E-state index < -0.39 is 0 Å². The second kappa shape index (κ2) is 7.09. The molecular weight excluding hydrogens is 406 g/mol. The number of para-hydroxylation sites is 1. The number of thiocarbonyl (C=S) groups is 1. The van der Waals surface area contributed by atoms with E-state index in [9.17, 15) is 4.79 Å². The number of thioether (sulfide) groups is 1. The number of carbonyl (C=O) groups excluding carboxylic acids is 1. The molecule has 0 N–H and O–H groups in total. The highest BCUT2D eigenvalue weighted by atomic mass is 79.9. The number of aryl methyl sites for hydroxylation is 1. The molecule has 3 nitrogen and oxygen atoms in total. The normalized spacial score (nSPS) is 16.1. The van der Waals surface area contributed by atoms with Gasteiger partial charge in [0.2, 0.25) is 0 Å². The molecule has 0 bridgehead atoms. The molecule has 2 aromatic rings. The maximum atomic E-state index is 12.8. The van der Waals surface area contributed by atoms with Gasteiger partial charge in [0.25, 0.3) is 5.91 Å². The molecule has 24 heavy (non-hydrogen) atoms. The van der Waals surface area contributed by atoms with Gasteiger partial charge in [-0.25, -0.2) is 0 Å². The van der Waals surface area contributed by atoms with Crippen molar-refractivity contribution in [1.82, 2.24) is 0 Å². The number of rotatable bonds is 3. The van der Waals surface area contributed by atoms with E-state index in [-0.39, 0.29) is 5.91 Å². The van der Waals surface area contributed by atoms with E-state index in [1.165, 1.54) is 11.8 Å². The summed E-state index contributed by atoms with van der Waals surface area (Å²) in [5, 5.41) is 0. The zero-order valence-corrected chi connectivity index (χ0v) is 16.3. The summed E-state index contributed by atoms with van der Waals surface area (Å²) in [5.74, 6) is 0.658. The van der Waals surface area contributed by atoms with Gasteiger partial charge in [0.1, 0.15) is 5.75 Å². The van der Waals surface area contributed by atoms with E-state index >= 15 is 0 Å². The van der Waals surface area contributed by atoms with E-state index in [2.05, 4.69) is 15.9 Å². The first kappa shape index (κ1) is 17.2. The number of anilines is 1. The average molecular weight is 420 g/mol. The Morgan fingerprint density at radius 1 is 1.25 bits per heavy atom. The molecule has 2 aromatic carbocycles. The summed E-state index contributed by atoms with van der Waals surface area (Å²) in [4.78, 5) is 15.0. The van der Waals surface area contributed by atoms with Crippen molar-refractivity contribution in [1.29, 1.82) is 0 Å². The molecule has 6 heteroatoms. The third kappa shape index (κ3) is 3.27. The van der Waals surface area contributed by atoms with Gasteiger partial charge in [0, 0.05) is 0 Å². The molecule has 1 aliphatic rings. The molecule has 1 aliphatic heterocycles. The molecule has 3 rings (SSSR count). The SMILES string of the molecule is COc1ccc(/C=C2/SC(=S)N(c3ccccc3C)C2=O)cc1Br. The first-order valence-corrected chi connectivity index (χ1v) is 9.20. The average Bonchev–Trinajstić information content (AvgIpc) is 2.82. The van der Waals surface area contributed by atoms with Crippen molar-refractivity contribution in [2.75, 3.05) is 12.0 Å². The van der Waals surface area contributed by atoms with Crippen molar-refractivity contribution < 1.29 is 9.53 Å². The van der Waals surface area contributed by atoms with Crippen LogP contribution >= 0.6 is 39.9 Å². The zero-order chi connectivity index (χ0) is 17.3. The molecule has 1 heterocycles. The Hall–Kier alpha value is -1.63. The first-order valence-electron chi connectivity index (χ1n) is 7.18. The maximum absolute atomic E-state index is 12.8. The summed E-state index contributed by atoms with van der Waals surface area (Å²) in [6, 6.07) is 13.4. The monoisotopic (exact) mass is 419 g/mol. The third-order valence-electron chi connectivity index (χ3n) is 3.62. The van der Waals surface area contributed by atoms with Crippen LogP contribution in [0.2, 0.25) is 0 Å². The minimum absolute atomic E-state index is 0.0914. The second-order valence-corrected chi connectivity index (χ2v) is 7.73. The van der Waals surface area contributed by atoms with Gasteiger partial charge < -0.3 is 4.74 Å². The van der Waals surface area contributed by atoms with Crippen LogP contribution < -0.4 is 9.64 Å². The Bertz CT molecular complexity index is 864. The molecule has 0 spiro atoms. The molecule has 1 saturated heterocycles. The highest BCUT2D eigenvalue weighted by Crippen LogP contribution is 2.37. The lowest BCUT2D eigenvalue weighted by atomic mass is 10.1. The number of methoxy groups -OCH3 is 1. The summed E-state index contributed by atoms with van der Waals surface area (Å²) in [6.45, 7) is 1.97. The fourth-order valence-corrected chi connectivity index (χ4v) is 4.26. The summed E-state index contributed by atoms with van der Waals surface area (Å²) >= 11 is 10.2. The lowest BCUT2D eigenvalue weighted by Crippen LogP contribution is -2.28. The lowest BCUT2D eigenvalue weighted by Gasteiger charge is -2.16. The minimum atomic E-state index is -0.0914. The predicted molar refractivity (Wildman–Crippen MR) is 108 cm³/mol. The van der Waals surface area contributed by atoms with Crippen molar-refractivity contribution in [2.24, 2.45) is 0 Å². The molecule has 0 aliphatic carbocycles. The Morgan fingerprint density at radius 3 is 2.67 bits per heavy atom. The largest absolute Gasteiger partial charge is 0.496 e. The number of carbonyl (C=O) groups is 1. The van der Waals surface area contributed by atoms with E-state index in [4.69, 9.17) is 17.0 Å². The van der Waals surface area contributed by atoms with Gasteiger partial charge in [-0.3, -0.25) is 9.69 Å². The molecular formula is C18H14BrNO2S2. The van der Waals surface area contributed by atoms with Crippen molar-refractivity contribution in [3.8, 4) is 5.75 Å². The van der Waals surface area contributed by atoms with Gasteiger partial charge in [0.05, 0.1) is 22.2 Å². The predicted octanol–water partition coefficient (Wildman–Crippen LogP) is 5.17. The van der Waals surface area contributed by atoms with E-state index in [1.54, 1.807) is 12.0 Å². The smallest absolute Gasteiger partial charge is 0.270 e. The Kier molecular flexibility index (Phi) is 5.08. The fraction of sp³-hybridized carbons (Fsp3) is 0.111. The fourth-order valence-electron chi connectivity index (χ4n) is 2.41. The molecule has 0 aromatic heterocycles. The second-order valence-electron chi connectivity index (χ2n) is 5.20. The zero-order valence-electron chi connectivity index (χ0n) is 13.1. The van der Waals surface area contributed by atoms with E-state index in [0.29, 0.717) is 9.23 Å². The lowest BCUT2D eigenvalue weighted by molar-refractivity contribution is -0.113. The molecule has 1 amide bonds. The van der Waals surface area contributed by atoms with Crippen LogP contribution in [-0.2, 0) is 4.79 Å². The number of benzene rings is 2. The van der Waals surface area contributed by atoms with Gasteiger partial charge in [-0.2, -0.15) is 0 Å². The van der Waals surface area contributed by atoms with Crippen LogP contribution in [0.15, 0.2) is 51.8 Å². The summed E-state index contributed by atoms with van der Waals surface area (Å²) in [7, 11) is 1.62. The van der Waals surface area contributed by atoms with Gasteiger partial charge in [-0.1, -0.05) is 48.2 Å². The van der Waals surface area contributed by atoms with Gasteiger partial charge in [-0.05, 0) is 58.3 Å². The Morgan fingerprint density at radius 2 is 2.00 bits per heavy atom. The van der Waals surface area contributed by atoms with Crippen LogP contribution in [0.1, 0.15) is 11.1 Å². The van der Waals surface area contributed by atoms with Crippen LogP contribution in [0.3, 0.4) is 0 Å². The molecule has 1 fully saturated rings. The van der Waals surface area contributed by atoms with Crippen molar-refractivity contribution >= 4 is 61.9 Å². The number of halogens is 1. The van der Waals surface area contributed by atoms with Crippen molar-refractivity contribution in [3.63, 3.8) is 0 Å². The Balaban J connectivity index is 1.94. The number of hydrogen-bond acceptors (Lipinski definition) is 4. The van der Waals surface area contributed by atoms with Gasteiger partial charge in [0.15, 0.2) is 4.32 Å².